The summed E-state index contributed by atoms with van der Waals surface area (Å²) < 4.78 is 0. The van der Waals surface area contributed by atoms with Gasteiger partial charge in [-0.1, -0.05) is 0 Å². The Bertz CT molecular complexity index is 148. The van der Waals surface area contributed by atoms with E-state index in [-0.39, 0.29) is 11.2 Å². The van der Waals surface area contributed by atoms with E-state index in [4.69, 9.17) is 34.8 Å². The van der Waals surface area contributed by atoms with Crippen LogP contribution in [0.4, 0.5) is 0 Å². The fraction of sp³-hybridized carbons (Fsp3) is 0.833. The molecule has 1 aliphatic rings. The van der Waals surface area contributed by atoms with Gasteiger partial charge < -0.3 is 0 Å². The van der Waals surface area contributed by atoms with E-state index in [9.17, 15) is 4.79 Å². The fourth-order valence-electron chi connectivity index (χ4n) is 0.945. The van der Waals surface area contributed by atoms with Crippen molar-refractivity contribution in [2.24, 2.45) is 0 Å². The minimum atomic E-state index is -0.585. The Morgan fingerprint density at radius 3 is 2.30 bits per heavy atom. The van der Waals surface area contributed by atoms with Crippen molar-refractivity contribution in [1.29, 1.82) is 0 Å². The SMILES string of the molecule is O=C1C(Cl)CCC(Cl)C1Cl. The van der Waals surface area contributed by atoms with Gasteiger partial charge in [0.25, 0.3) is 0 Å². The summed E-state index contributed by atoms with van der Waals surface area (Å²) in [6.45, 7) is 0. The van der Waals surface area contributed by atoms with Crippen molar-refractivity contribution in [3.63, 3.8) is 0 Å². The Balaban J connectivity index is 2.60. The second-order valence-corrected chi connectivity index (χ2v) is 3.92. The highest BCUT2D eigenvalue weighted by Crippen LogP contribution is 2.27. The number of Topliss-reactive ketones (excluding diaryl/α,β-unsaturated/α-hetero) is 1. The van der Waals surface area contributed by atoms with Crippen LogP contribution in [-0.4, -0.2) is 21.9 Å². The molecule has 1 rings (SSSR count). The van der Waals surface area contributed by atoms with E-state index >= 15 is 0 Å². The van der Waals surface area contributed by atoms with Crippen LogP contribution in [0.2, 0.25) is 0 Å². The second kappa shape index (κ2) is 3.29. The molecular formula is C6H7Cl3O. The highest BCUT2D eigenvalue weighted by Gasteiger charge is 2.34. The summed E-state index contributed by atoms with van der Waals surface area (Å²) >= 11 is 17.0. The molecule has 0 aromatic carbocycles. The van der Waals surface area contributed by atoms with Gasteiger partial charge in [0.1, 0.15) is 5.38 Å². The summed E-state index contributed by atoms with van der Waals surface area (Å²) in [5.41, 5.74) is 0. The quantitative estimate of drug-likeness (QED) is 0.549. The monoisotopic (exact) mass is 200 g/mol. The fourth-order valence-corrected chi connectivity index (χ4v) is 1.80. The number of carbonyl (C=O) groups excluding carboxylic acids is 1. The molecule has 0 aromatic heterocycles. The van der Waals surface area contributed by atoms with Gasteiger partial charge in [-0.15, -0.1) is 34.8 Å². The zero-order chi connectivity index (χ0) is 7.72. The van der Waals surface area contributed by atoms with Crippen molar-refractivity contribution in [2.75, 3.05) is 0 Å². The number of hydrogen-bond donors (Lipinski definition) is 0. The van der Waals surface area contributed by atoms with Crippen LogP contribution in [0, 0.1) is 0 Å². The predicted octanol–water partition coefficient (Wildman–Crippen LogP) is 2.17. The third-order valence-electron chi connectivity index (χ3n) is 1.59. The van der Waals surface area contributed by atoms with Crippen molar-refractivity contribution in [3.05, 3.63) is 0 Å². The predicted molar refractivity (Wildman–Crippen MR) is 43.2 cm³/mol. The van der Waals surface area contributed by atoms with Gasteiger partial charge in [0, 0.05) is 0 Å². The normalized spacial score (nSPS) is 41.9. The highest BCUT2D eigenvalue weighted by molar-refractivity contribution is 6.44. The first-order chi connectivity index (χ1) is 4.63. The summed E-state index contributed by atoms with van der Waals surface area (Å²) in [7, 11) is 0. The van der Waals surface area contributed by atoms with E-state index in [0.717, 1.165) is 6.42 Å². The molecule has 0 aromatic rings. The van der Waals surface area contributed by atoms with Crippen molar-refractivity contribution in [1.82, 2.24) is 0 Å². The molecule has 0 heterocycles. The Kier molecular flexibility index (Phi) is 2.84. The molecule has 0 aliphatic heterocycles. The standard InChI is InChI=1S/C6H7Cl3O/c7-3-1-2-4(8)6(10)5(3)9/h3-5H,1-2H2. The lowest BCUT2D eigenvalue weighted by atomic mass is 9.98. The van der Waals surface area contributed by atoms with E-state index in [2.05, 4.69) is 0 Å². The third kappa shape index (κ3) is 1.58. The Morgan fingerprint density at radius 2 is 1.80 bits per heavy atom. The summed E-state index contributed by atoms with van der Waals surface area (Å²) in [5, 5.41) is -1.24. The smallest absolute Gasteiger partial charge is 0.169 e. The first-order valence-corrected chi connectivity index (χ1v) is 4.40. The molecule has 58 valence electrons. The summed E-state index contributed by atoms with van der Waals surface area (Å²) in [5.74, 6) is -0.130. The molecule has 3 atom stereocenters. The molecule has 10 heavy (non-hydrogen) atoms. The molecule has 0 amide bonds. The Hall–Kier alpha value is 0.540. The van der Waals surface area contributed by atoms with Gasteiger partial charge in [-0.25, -0.2) is 0 Å². The average molecular weight is 201 g/mol. The molecule has 0 bridgehead atoms. The van der Waals surface area contributed by atoms with Gasteiger partial charge in [-0.05, 0) is 12.8 Å². The lowest BCUT2D eigenvalue weighted by Gasteiger charge is -2.23. The molecule has 1 nitrogen and oxygen atoms in total. The van der Waals surface area contributed by atoms with Crippen LogP contribution in [0.3, 0.4) is 0 Å². The van der Waals surface area contributed by atoms with Crippen LogP contribution < -0.4 is 0 Å². The van der Waals surface area contributed by atoms with Crippen molar-refractivity contribution >= 4 is 40.6 Å². The first-order valence-electron chi connectivity index (χ1n) is 3.09. The minimum Gasteiger partial charge on any atom is -0.296 e. The van der Waals surface area contributed by atoms with Gasteiger partial charge in [-0.3, -0.25) is 4.79 Å². The van der Waals surface area contributed by atoms with Crippen LogP contribution in [0.25, 0.3) is 0 Å². The summed E-state index contributed by atoms with van der Waals surface area (Å²) in [6.07, 6.45) is 1.38. The first kappa shape index (κ1) is 8.63. The van der Waals surface area contributed by atoms with E-state index in [1.165, 1.54) is 0 Å². The van der Waals surface area contributed by atoms with Gasteiger partial charge in [0.15, 0.2) is 5.78 Å². The van der Waals surface area contributed by atoms with Crippen LogP contribution in [-0.2, 0) is 4.79 Å². The number of alkyl halides is 3. The van der Waals surface area contributed by atoms with Crippen LogP contribution in [0.1, 0.15) is 12.8 Å². The second-order valence-electron chi connectivity index (χ2n) is 2.37. The summed E-state index contributed by atoms with van der Waals surface area (Å²) in [4.78, 5) is 11.0. The van der Waals surface area contributed by atoms with Crippen molar-refractivity contribution in [2.45, 2.75) is 29.0 Å². The van der Waals surface area contributed by atoms with Crippen LogP contribution >= 0.6 is 34.8 Å². The third-order valence-corrected chi connectivity index (χ3v) is 3.15. The van der Waals surface area contributed by atoms with E-state index in [1.807, 2.05) is 0 Å². The molecule has 1 aliphatic carbocycles. The number of hydrogen-bond acceptors (Lipinski definition) is 1. The lowest BCUT2D eigenvalue weighted by Crippen LogP contribution is -2.37. The zero-order valence-electron chi connectivity index (χ0n) is 5.19. The number of halogens is 3. The summed E-state index contributed by atoms with van der Waals surface area (Å²) in [6, 6.07) is 0. The zero-order valence-corrected chi connectivity index (χ0v) is 7.46. The number of carbonyl (C=O) groups is 1. The maximum absolute atomic E-state index is 11.0. The molecule has 4 heteroatoms. The van der Waals surface area contributed by atoms with Crippen molar-refractivity contribution < 1.29 is 4.79 Å². The largest absolute Gasteiger partial charge is 0.296 e. The molecule has 0 radical (unpaired) electrons. The van der Waals surface area contributed by atoms with Gasteiger partial charge in [-0.2, -0.15) is 0 Å². The van der Waals surface area contributed by atoms with E-state index in [1.54, 1.807) is 0 Å². The van der Waals surface area contributed by atoms with Gasteiger partial charge in [0.05, 0.1) is 10.8 Å². The molecular weight excluding hydrogens is 194 g/mol. The molecule has 1 fully saturated rings. The molecule has 1 saturated carbocycles. The van der Waals surface area contributed by atoms with Gasteiger partial charge >= 0.3 is 0 Å². The topological polar surface area (TPSA) is 17.1 Å². The maximum atomic E-state index is 11.0. The minimum absolute atomic E-state index is 0.130. The maximum Gasteiger partial charge on any atom is 0.169 e. The van der Waals surface area contributed by atoms with Crippen molar-refractivity contribution in [3.8, 4) is 0 Å². The van der Waals surface area contributed by atoms with Gasteiger partial charge in [0.2, 0.25) is 0 Å². The molecule has 0 N–H and O–H groups in total. The molecule has 3 unspecified atom stereocenters. The van der Waals surface area contributed by atoms with Crippen LogP contribution in [0.5, 0.6) is 0 Å². The lowest BCUT2D eigenvalue weighted by molar-refractivity contribution is -0.119. The number of ketones is 1. The Morgan fingerprint density at radius 1 is 1.20 bits per heavy atom. The molecule has 0 spiro atoms. The number of rotatable bonds is 0. The molecule has 0 saturated heterocycles. The van der Waals surface area contributed by atoms with E-state index < -0.39 is 10.8 Å². The Labute approximate surface area is 74.6 Å². The highest BCUT2D eigenvalue weighted by atomic mass is 35.5. The average Bonchev–Trinajstić information content (AvgIpc) is 1.93. The van der Waals surface area contributed by atoms with E-state index in [0.29, 0.717) is 6.42 Å². The van der Waals surface area contributed by atoms with Crippen LogP contribution in [0.15, 0.2) is 0 Å².